The fourth-order valence-electron chi connectivity index (χ4n) is 2.15. The van der Waals surface area contributed by atoms with Crippen LogP contribution in [0.5, 0.6) is 0 Å². The van der Waals surface area contributed by atoms with Crippen LogP contribution in [0, 0.1) is 10.1 Å². The van der Waals surface area contributed by atoms with Crippen LogP contribution in [-0.4, -0.2) is 25.5 Å². The number of hydrogen-bond donors (Lipinski definition) is 1. The average molecular weight is 298 g/mol. The van der Waals surface area contributed by atoms with E-state index in [9.17, 15) is 10.1 Å². The molecule has 0 saturated heterocycles. The minimum absolute atomic E-state index is 0.0699. The molecule has 1 N–H and O–H groups in total. The van der Waals surface area contributed by atoms with Gasteiger partial charge in [-0.25, -0.2) is 9.26 Å². The summed E-state index contributed by atoms with van der Waals surface area (Å²) >= 11 is 0. The summed E-state index contributed by atoms with van der Waals surface area (Å²) in [4.78, 5) is 10.4. The Morgan fingerprint density at radius 1 is 0.909 bits per heavy atom. The second-order valence-corrected chi connectivity index (χ2v) is 4.41. The summed E-state index contributed by atoms with van der Waals surface area (Å²) in [6.07, 6.45) is 0. The highest BCUT2D eigenvalue weighted by Gasteiger charge is 2.20. The number of nitro groups is 1. The zero-order valence-corrected chi connectivity index (χ0v) is 10.8. The monoisotopic (exact) mass is 298 g/mol. The van der Waals surface area contributed by atoms with Crippen molar-refractivity contribution >= 4 is 39.1 Å². The fraction of sp³-hybridized carbons (Fsp3) is 0. The van der Waals surface area contributed by atoms with Gasteiger partial charge in [-0.2, -0.15) is 0 Å². The summed E-state index contributed by atoms with van der Waals surface area (Å²) in [5, 5.41) is 28.9. The Labute approximate surface area is 120 Å². The maximum absolute atomic E-state index is 11.0. The molecule has 0 spiro atoms. The van der Waals surface area contributed by atoms with Crippen molar-refractivity contribution in [2.45, 2.75) is 0 Å². The molecular formula is C12H6N6O4. The second kappa shape index (κ2) is 4.48. The van der Waals surface area contributed by atoms with Crippen LogP contribution in [-0.2, 0) is 0 Å². The van der Waals surface area contributed by atoms with Gasteiger partial charge in [-0.3, -0.25) is 10.1 Å². The topological polar surface area (TPSA) is 133 Å². The van der Waals surface area contributed by atoms with Crippen LogP contribution in [0.15, 0.2) is 39.6 Å². The van der Waals surface area contributed by atoms with Gasteiger partial charge in [0.05, 0.1) is 16.3 Å². The van der Waals surface area contributed by atoms with Gasteiger partial charge < -0.3 is 5.32 Å². The Balaban J connectivity index is 1.85. The van der Waals surface area contributed by atoms with Crippen molar-refractivity contribution in [1.82, 2.24) is 20.6 Å². The molecule has 2 aromatic heterocycles. The lowest BCUT2D eigenvalue weighted by molar-refractivity contribution is -0.383. The number of hydrogen-bond acceptors (Lipinski definition) is 9. The first-order chi connectivity index (χ1) is 10.7. The largest absolute Gasteiger partial charge is 0.352 e. The van der Waals surface area contributed by atoms with Crippen molar-refractivity contribution < 1.29 is 14.2 Å². The second-order valence-electron chi connectivity index (χ2n) is 4.41. The standard InChI is InChI=1S/C12H6N6O4/c19-18(20)9-5-4-7(11-12(9)17-22-16-11)13-6-2-1-3-8-10(6)15-21-14-8/h1-5,13H. The molecule has 0 radical (unpaired) electrons. The van der Waals surface area contributed by atoms with Crippen LogP contribution < -0.4 is 5.32 Å². The first kappa shape index (κ1) is 12.2. The third-order valence-electron chi connectivity index (χ3n) is 3.15. The summed E-state index contributed by atoms with van der Waals surface area (Å²) < 4.78 is 9.31. The molecule has 0 saturated carbocycles. The van der Waals surface area contributed by atoms with Crippen molar-refractivity contribution in [1.29, 1.82) is 0 Å². The summed E-state index contributed by atoms with van der Waals surface area (Å²) in [6, 6.07) is 8.15. The zero-order valence-electron chi connectivity index (χ0n) is 10.8. The molecule has 108 valence electrons. The van der Waals surface area contributed by atoms with Crippen LogP contribution in [0.3, 0.4) is 0 Å². The molecule has 0 unspecified atom stereocenters. The number of aromatic nitrogens is 4. The highest BCUT2D eigenvalue weighted by molar-refractivity contribution is 5.97. The minimum Gasteiger partial charge on any atom is -0.352 e. The molecule has 0 amide bonds. The number of nitro benzene ring substituents is 1. The molecule has 0 atom stereocenters. The predicted octanol–water partition coefficient (Wildman–Crippen LogP) is 2.41. The molecule has 0 aliphatic heterocycles. The molecule has 10 heteroatoms. The lowest BCUT2D eigenvalue weighted by Crippen LogP contribution is -1.95. The van der Waals surface area contributed by atoms with E-state index in [1.54, 1.807) is 18.2 Å². The maximum Gasteiger partial charge on any atom is 0.300 e. The van der Waals surface area contributed by atoms with E-state index in [-0.39, 0.29) is 16.7 Å². The molecule has 10 nitrogen and oxygen atoms in total. The minimum atomic E-state index is -0.543. The quantitative estimate of drug-likeness (QED) is 0.447. The highest BCUT2D eigenvalue weighted by atomic mass is 16.6. The van der Waals surface area contributed by atoms with Gasteiger partial charge in [0, 0.05) is 6.07 Å². The first-order valence-corrected chi connectivity index (χ1v) is 6.12. The Morgan fingerprint density at radius 3 is 2.50 bits per heavy atom. The van der Waals surface area contributed by atoms with Crippen molar-refractivity contribution in [3.63, 3.8) is 0 Å². The Bertz CT molecular complexity index is 1010. The molecular weight excluding hydrogens is 292 g/mol. The molecule has 2 aromatic carbocycles. The lowest BCUT2D eigenvalue weighted by Gasteiger charge is -2.06. The molecule has 4 rings (SSSR count). The normalized spacial score (nSPS) is 11.1. The number of rotatable bonds is 3. The van der Waals surface area contributed by atoms with Gasteiger partial charge in [0.1, 0.15) is 5.52 Å². The van der Waals surface area contributed by atoms with Crippen molar-refractivity contribution in [3.05, 3.63) is 40.4 Å². The molecule has 2 heterocycles. The van der Waals surface area contributed by atoms with Crippen LogP contribution >= 0.6 is 0 Å². The summed E-state index contributed by atoms with van der Waals surface area (Å²) in [5.74, 6) is 0. The first-order valence-electron chi connectivity index (χ1n) is 6.12. The Morgan fingerprint density at radius 2 is 1.64 bits per heavy atom. The van der Waals surface area contributed by atoms with E-state index in [4.69, 9.17) is 4.63 Å². The molecule has 0 bridgehead atoms. The Hall–Kier alpha value is -3.56. The zero-order chi connectivity index (χ0) is 15.1. The van der Waals surface area contributed by atoms with Gasteiger partial charge in [-0.05, 0) is 38.8 Å². The van der Waals surface area contributed by atoms with E-state index in [2.05, 4.69) is 30.6 Å². The number of anilines is 2. The summed E-state index contributed by atoms with van der Waals surface area (Å²) in [7, 11) is 0. The summed E-state index contributed by atoms with van der Waals surface area (Å²) in [5.41, 5.74) is 2.38. The van der Waals surface area contributed by atoms with Crippen LogP contribution in [0.1, 0.15) is 0 Å². The predicted molar refractivity (Wildman–Crippen MR) is 73.5 cm³/mol. The molecule has 0 aliphatic carbocycles. The number of non-ortho nitro benzene ring substituents is 1. The van der Waals surface area contributed by atoms with E-state index in [0.717, 1.165) is 0 Å². The third kappa shape index (κ3) is 1.74. The van der Waals surface area contributed by atoms with E-state index in [1.807, 2.05) is 0 Å². The van der Waals surface area contributed by atoms with E-state index in [0.29, 0.717) is 22.4 Å². The van der Waals surface area contributed by atoms with Crippen LogP contribution in [0.2, 0.25) is 0 Å². The highest BCUT2D eigenvalue weighted by Crippen LogP contribution is 2.32. The average Bonchev–Trinajstić information content (AvgIpc) is 3.16. The number of nitrogens with one attached hydrogen (secondary N) is 1. The number of benzene rings is 2. The van der Waals surface area contributed by atoms with Crippen molar-refractivity contribution in [3.8, 4) is 0 Å². The van der Waals surface area contributed by atoms with Crippen molar-refractivity contribution in [2.24, 2.45) is 0 Å². The van der Waals surface area contributed by atoms with Crippen molar-refractivity contribution in [2.75, 3.05) is 5.32 Å². The van der Waals surface area contributed by atoms with Gasteiger partial charge in [-0.15, -0.1) is 0 Å². The van der Waals surface area contributed by atoms with Crippen LogP contribution in [0.4, 0.5) is 17.1 Å². The number of nitrogens with zero attached hydrogens (tertiary/aromatic N) is 5. The van der Waals surface area contributed by atoms with Gasteiger partial charge in [0.15, 0.2) is 11.0 Å². The molecule has 0 fully saturated rings. The van der Waals surface area contributed by atoms with Gasteiger partial charge in [-0.1, -0.05) is 6.07 Å². The molecule has 4 aromatic rings. The summed E-state index contributed by atoms with van der Waals surface area (Å²) in [6.45, 7) is 0. The van der Waals surface area contributed by atoms with Gasteiger partial charge in [0.25, 0.3) is 0 Å². The number of fused-ring (bicyclic) bond motifs is 2. The van der Waals surface area contributed by atoms with Gasteiger partial charge >= 0.3 is 5.69 Å². The van der Waals surface area contributed by atoms with E-state index < -0.39 is 4.92 Å². The third-order valence-corrected chi connectivity index (χ3v) is 3.15. The van der Waals surface area contributed by atoms with E-state index >= 15 is 0 Å². The maximum atomic E-state index is 11.0. The van der Waals surface area contributed by atoms with Gasteiger partial charge in [0.2, 0.25) is 5.52 Å². The van der Waals surface area contributed by atoms with Crippen LogP contribution in [0.25, 0.3) is 22.1 Å². The molecule has 0 aliphatic rings. The smallest absolute Gasteiger partial charge is 0.300 e. The SMILES string of the molecule is O=[N+]([O-])c1ccc(Nc2cccc3nonc23)c2nonc12. The Kier molecular flexibility index (Phi) is 2.48. The lowest BCUT2D eigenvalue weighted by atomic mass is 10.2. The molecule has 22 heavy (non-hydrogen) atoms. The fourth-order valence-corrected chi connectivity index (χ4v) is 2.15. The van der Waals surface area contributed by atoms with E-state index in [1.165, 1.54) is 12.1 Å².